The standard InChI is InChI=1S/C16H23N5/c1-11(2)14-18-15(20-16(19-14)21(4)5)17-10-13-9-7-6-8-12(13)3/h6-9,11H,10H2,1-5H3,(H,17,18,19,20). The summed E-state index contributed by atoms with van der Waals surface area (Å²) in [7, 11) is 3.87. The van der Waals surface area contributed by atoms with Crippen LogP contribution >= 0.6 is 0 Å². The van der Waals surface area contributed by atoms with Crippen LogP contribution in [0.5, 0.6) is 0 Å². The van der Waals surface area contributed by atoms with Gasteiger partial charge in [0.15, 0.2) is 0 Å². The van der Waals surface area contributed by atoms with Gasteiger partial charge in [0.1, 0.15) is 5.82 Å². The molecule has 2 aromatic rings. The van der Waals surface area contributed by atoms with E-state index < -0.39 is 0 Å². The number of anilines is 2. The Morgan fingerprint density at radius 1 is 1.10 bits per heavy atom. The fourth-order valence-corrected chi connectivity index (χ4v) is 1.90. The van der Waals surface area contributed by atoms with E-state index in [1.807, 2.05) is 31.1 Å². The molecule has 0 atom stereocenters. The number of benzene rings is 1. The van der Waals surface area contributed by atoms with Gasteiger partial charge in [0.25, 0.3) is 0 Å². The predicted molar refractivity (Wildman–Crippen MR) is 86.7 cm³/mol. The molecule has 0 radical (unpaired) electrons. The summed E-state index contributed by atoms with van der Waals surface area (Å²) in [4.78, 5) is 15.3. The van der Waals surface area contributed by atoms with E-state index in [9.17, 15) is 0 Å². The van der Waals surface area contributed by atoms with Crippen molar-refractivity contribution in [2.45, 2.75) is 33.2 Å². The Bertz CT molecular complexity index is 581. The van der Waals surface area contributed by atoms with Gasteiger partial charge in [-0.25, -0.2) is 0 Å². The van der Waals surface area contributed by atoms with E-state index in [0.29, 0.717) is 18.4 Å². The summed E-state index contributed by atoms with van der Waals surface area (Å²) in [6.45, 7) is 6.98. The topological polar surface area (TPSA) is 53.9 Å². The first-order valence-electron chi connectivity index (χ1n) is 7.19. The maximum absolute atomic E-state index is 4.50. The van der Waals surface area contributed by atoms with Gasteiger partial charge < -0.3 is 10.2 Å². The lowest BCUT2D eigenvalue weighted by atomic mass is 10.1. The summed E-state index contributed by atoms with van der Waals surface area (Å²) in [5.74, 6) is 2.38. The van der Waals surface area contributed by atoms with Gasteiger partial charge in [0.05, 0.1) is 0 Å². The second-order valence-corrected chi connectivity index (χ2v) is 5.65. The highest BCUT2D eigenvalue weighted by Crippen LogP contribution is 2.16. The van der Waals surface area contributed by atoms with Crippen LogP contribution in [0.15, 0.2) is 24.3 Å². The molecule has 0 bridgehead atoms. The first kappa shape index (κ1) is 15.2. The molecule has 1 aromatic carbocycles. The maximum Gasteiger partial charge on any atom is 0.229 e. The van der Waals surface area contributed by atoms with Crippen LogP contribution in [0.4, 0.5) is 11.9 Å². The average molecular weight is 285 g/mol. The molecule has 2 rings (SSSR count). The summed E-state index contributed by atoms with van der Waals surface area (Å²) in [6.07, 6.45) is 0. The molecule has 0 saturated heterocycles. The van der Waals surface area contributed by atoms with E-state index in [-0.39, 0.29) is 5.92 Å². The zero-order valence-corrected chi connectivity index (χ0v) is 13.4. The van der Waals surface area contributed by atoms with Crippen molar-refractivity contribution in [2.24, 2.45) is 0 Å². The summed E-state index contributed by atoms with van der Waals surface area (Å²) < 4.78 is 0. The van der Waals surface area contributed by atoms with E-state index in [2.05, 4.69) is 53.2 Å². The molecule has 0 amide bonds. The smallest absolute Gasteiger partial charge is 0.229 e. The second-order valence-electron chi connectivity index (χ2n) is 5.65. The van der Waals surface area contributed by atoms with Gasteiger partial charge in [-0.05, 0) is 18.1 Å². The summed E-state index contributed by atoms with van der Waals surface area (Å²) in [6, 6.07) is 8.31. The van der Waals surface area contributed by atoms with Crippen molar-refractivity contribution in [3.05, 3.63) is 41.2 Å². The maximum atomic E-state index is 4.50. The lowest BCUT2D eigenvalue weighted by molar-refractivity contribution is 0.754. The Kier molecular flexibility index (Phi) is 4.73. The van der Waals surface area contributed by atoms with E-state index in [4.69, 9.17) is 0 Å². The molecule has 1 aromatic heterocycles. The molecule has 21 heavy (non-hydrogen) atoms. The fraction of sp³-hybridized carbons (Fsp3) is 0.438. The van der Waals surface area contributed by atoms with Crippen molar-refractivity contribution >= 4 is 11.9 Å². The number of nitrogens with zero attached hydrogens (tertiary/aromatic N) is 4. The monoisotopic (exact) mass is 285 g/mol. The molecule has 1 N–H and O–H groups in total. The van der Waals surface area contributed by atoms with Crippen molar-refractivity contribution in [1.82, 2.24) is 15.0 Å². The lowest BCUT2D eigenvalue weighted by Gasteiger charge is -2.15. The molecule has 5 nitrogen and oxygen atoms in total. The van der Waals surface area contributed by atoms with Crippen LogP contribution in [0.3, 0.4) is 0 Å². The van der Waals surface area contributed by atoms with Crippen molar-refractivity contribution in [3.63, 3.8) is 0 Å². The largest absolute Gasteiger partial charge is 0.350 e. The van der Waals surface area contributed by atoms with Crippen LogP contribution in [0.1, 0.15) is 36.7 Å². The highest BCUT2D eigenvalue weighted by Gasteiger charge is 2.11. The Morgan fingerprint density at radius 3 is 2.43 bits per heavy atom. The molecular formula is C16H23N5. The van der Waals surface area contributed by atoms with Gasteiger partial charge in [-0.15, -0.1) is 0 Å². The number of hydrogen-bond acceptors (Lipinski definition) is 5. The van der Waals surface area contributed by atoms with Crippen LogP contribution in [0.25, 0.3) is 0 Å². The minimum atomic E-state index is 0.269. The van der Waals surface area contributed by atoms with Gasteiger partial charge in [0, 0.05) is 26.6 Å². The van der Waals surface area contributed by atoms with E-state index in [1.54, 1.807) is 0 Å². The predicted octanol–water partition coefficient (Wildman–Crippen LogP) is 2.98. The fourth-order valence-electron chi connectivity index (χ4n) is 1.90. The number of rotatable bonds is 5. The Hall–Kier alpha value is -2.17. The highest BCUT2D eigenvalue weighted by atomic mass is 15.3. The van der Waals surface area contributed by atoms with Crippen LogP contribution in [0.2, 0.25) is 0 Å². The molecule has 0 fully saturated rings. The molecule has 0 aliphatic rings. The first-order chi connectivity index (χ1) is 9.97. The van der Waals surface area contributed by atoms with Crippen molar-refractivity contribution in [2.75, 3.05) is 24.3 Å². The second kappa shape index (κ2) is 6.52. The minimum absolute atomic E-state index is 0.269. The Labute approximate surface area is 126 Å². The Morgan fingerprint density at radius 2 is 1.81 bits per heavy atom. The van der Waals surface area contributed by atoms with Gasteiger partial charge >= 0.3 is 0 Å². The number of aromatic nitrogens is 3. The zero-order chi connectivity index (χ0) is 15.4. The highest BCUT2D eigenvalue weighted by molar-refractivity contribution is 5.38. The van der Waals surface area contributed by atoms with Gasteiger partial charge in [-0.3, -0.25) is 0 Å². The van der Waals surface area contributed by atoms with Crippen LogP contribution in [-0.2, 0) is 6.54 Å². The zero-order valence-electron chi connectivity index (χ0n) is 13.4. The van der Waals surface area contributed by atoms with Crippen molar-refractivity contribution in [1.29, 1.82) is 0 Å². The molecule has 5 heteroatoms. The van der Waals surface area contributed by atoms with Crippen LogP contribution in [-0.4, -0.2) is 29.0 Å². The number of nitrogens with one attached hydrogen (secondary N) is 1. The molecule has 0 unspecified atom stereocenters. The normalized spacial score (nSPS) is 10.8. The molecule has 112 valence electrons. The third kappa shape index (κ3) is 3.90. The molecule has 0 aliphatic carbocycles. The molecular weight excluding hydrogens is 262 g/mol. The van der Waals surface area contributed by atoms with E-state index >= 15 is 0 Å². The quantitative estimate of drug-likeness (QED) is 0.915. The summed E-state index contributed by atoms with van der Waals surface area (Å²) in [5.41, 5.74) is 2.51. The third-order valence-corrected chi connectivity index (χ3v) is 3.26. The molecule has 0 spiro atoms. The Balaban J connectivity index is 2.21. The number of aryl methyl sites for hydroxylation is 1. The summed E-state index contributed by atoms with van der Waals surface area (Å²) >= 11 is 0. The summed E-state index contributed by atoms with van der Waals surface area (Å²) in [5, 5.41) is 3.30. The molecule has 1 heterocycles. The van der Waals surface area contributed by atoms with E-state index in [0.717, 1.165) is 5.82 Å². The minimum Gasteiger partial charge on any atom is -0.350 e. The van der Waals surface area contributed by atoms with Crippen LogP contribution in [0, 0.1) is 6.92 Å². The third-order valence-electron chi connectivity index (χ3n) is 3.26. The first-order valence-corrected chi connectivity index (χ1v) is 7.19. The lowest BCUT2D eigenvalue weighted by Crippen LogP contribution is -2.17. The van der Waals surface area contributed by atoms with E-state index in [1.165, 1.54) is 11.1 Å². The van der Waals surface area contributed by atoms with Gasteiger partial charge in [-0.1, -0.05) is 38.1 Å². The van der Waals surface area contributed by atoms with Crippen molar-refractivity contribution in [3.8, 4) is 0 Å². The average Bonchev–Trinajstić information content (AvgIpc) is 2.46. The van der Waals surface area contributed by atoms with Crippen LogP contribution < -0.4 is 10.2 Å². The molecule has 0 saturated carbocycles. The molecule has 0 aliphatic heterocycles. The number of hydrogen-bond donors (Lipinski definition) is 1. The van der Waals surface area contributed by atoms with Gasteiger partial charge in [0.2, 0.25) is 11.9 Å². The SMILES string of the molecule is Cc1ccccc1CNc1nc(C(C)C)nc(N(C)C)n1. The van der Waals surface area contributed by atoms with Crippen molar-refractivity contribution < 1.29 is 0 Å². The van der Waals surface area contributed by atoms with Gasteiger partial charge in [-0.2, -0.15) is 15.0 Å².